The number of hydrogen-bond acceptors (Lipinski definition) is 3. The Labute approximate surface area is 158 Å². The lowest BCUT2D eigenvalue weighted by molar-refractivity contribution is -0.121. The van der Waals surface area contributed by atoms with Crippen LogP contribution in [-0.4, -0.2) is 24.0 Å². The van der Waals surface area contributed by atoms with E-state index in [-0.39, 0.29) is 17.9 Å². The van der Waals surface area contributed by atoms with E-state index in [0.717, 1.165) is 27.8 Å². The van der Waals surface area contributed by atoms with Crippen molar-refractivity contribution in [2.24, 2.45) is 0 Å². The zero-order chi connectivity index (χ0) is 19.2. The Hall–Kier alpha value is -3.08. The van der Waals surface area contributed by atoms with Gasteiger partial charge in [-0.3, -0.25) is 9.59 Å². The van der Waals surface area contributed by atoms with Crippen molar-refractivity contribution in [1.29, 1.82) is 0 Å². The van der Waals surface area contributed by atoms with Crippen LogP contribution in [0.4, 0.5) is 0 Å². The van der Waals surface area contributed by atoms with Crippen LogP contribution in [0.5, 0.6) is 5.75 Å². The summed E-state index contributed by atoms with van der Waals surface area (Å²) in [5.74, 6) is 0.660. The van der Waals surface area contributed by atoms with Crippen LogP contribution in [0.1, 0.15) is 23.1 Å². The van der Waals surface area contributed by atoms with E-state index in [0.29, 0.717) is 25.1 Å². The highest BCUT2D eigenvalue weighted by atomic mass is 16.5. The van der Waals surface area contributed by atoms with E-state index in [9.17, 15) is 9.59 Å². The zero-order valence-corrected chi connectivity index (χ0v) is 15.7. The van der Waals surface area contributed by atoms with E-state index in [4.69, 9.17) is 4.74 Å². The second kappa shape index (κ2) is 8.54. The molecule has 1 heterocycles. The van der Waals surface area contributed by atoms with Gasteiger partial charge in [0.25, 0.3) is 5.56 Å². The number of aromatic amines is 1. The number of carbonyl (C=O) groups excluding carboxylic acids is 1. The van der Waals surface area contributed by atoms with Crippen molar-refractivity contribution in [3.8, 4) is 5.75 Å². The molecule has 0 bridgehead atoms. The van der Waals surface area contributed by atoms with Crippen LogP contribution in [0.15, 0.2) is 53.3 Å². The molecule has 0 fully saturated rings. The second-order valence-corrected chi connectivity index (χ2v) is 6.61. The number of amides is 1. The molecule has 0 spiro atoms. The Kier molecular flexibility index (Phi) is 5.91. The molecule has 0 saturated heterocycles. The number of hydrogen-bond donors (Lipinski definition) is 2. The first kappa shape index (κ1) is 18.7. The van der Waals surface area contributed by atoms with Gasteiger partial charge in [-0.1, -0.05) is 30.3 Å². The molecule has 1 aromatic heterocycles. The molecule has 5 nitrogen and oxygen atoms in total. The van der Waals surface area contributed by atoms with Crippen molar-refractivity contribution in [1.82, 2.24) is 10.3 Å². The molecule has 0 aliphatic rings. The molecule has 0 atom stereocenters. The van der Waals surface area contributed by atoms with E-state index in [2.05, 4.69) is 10.3 Å². The van der Waals surface area contributed by atoms with Gasteiger partial charge in [-0.15, -0.1) is 0 Å². The molecule has 0 aliphatic heterocycles. The molecule has 0 unspecified atom stereocenters. The molecule has 0 saturated carbocycles. The van der Waals surface area contributed by atoms with Gasteiger partial charge in [0.05, 0.1) is 18.5 Å². The summed E-state index contributed by atoms with van der Waals surface area (Å²) in [6.45, 7) is 4.78. The first-order valence-electron chi connectivity index (χ1n) is 9.11. The summed E-state index contributed by atoms with van der Waals surface area (Å²) in [5.41, 5.74) is 3.69. The fourth-order valence-corrected chi connectivity index (χ4v) is 2.96. The van der Waals surface area contributed by atoms with Gasteiger partial charge in [-0.2, -0.15) is 0 Å². The number of H-pyrrole nitrogens is 1. The van der Waals surface area contributed by atoms with Crippen molar-refractivity contribution in [3.63, 3.8) is 0 Å². The van der Waals surface area contributed by atoms with Gasteiger partial charge in [0.15, 0.2) is 0 Å². The molecule has 27 heavy (non-hydrogen) atoms. The van der Waals surface area contributed by atoms with E-state index in [1.165, 1.54) is 0 Å². The third kappa shape index (κ3) is 4.76. The van der Waals surface area contributed by atoms with Gasteiger partial charge < -0.3 is 15.0 Å². The Bertz CT molecular complexity index is 994. The maximum atomic E-state index is 12.3. The van der Waals surface area contributed by atoms with Gasteiger partial charge >= 0.3 is 0 Å². The van der Waals surface area contributed by atoms with Gasteiger partial charge in [-0.25, -0.2) is 0 Å². The van der Waals surface area contributed by atoms with Crippen LogP contribution in [-0.2, 0) is 11.2 Å². The standard InChI is InChI=1S/C22H24N2O3/c1-15-8-9-17-14-18(22(26)24-21(17)16(15)2)10-12-23-20(25)11-13-27-19-6-4-3-5-7-19/h3-9,14H,10-13H2,1-2H3,(H,23,25)(H,24,26). The first-order valence-corrected chi connectivity index (χ1v) is 9.11. The number of fused-ring (bicyclic) bond motifs is 1. The molecule has 0 radical (unpaired) electrons. The Morgan fingerprint density at radius 3 is 2.67 bits per heavy atom. The van der Waals surface area contributed by atoms with Crippen LogP contribution in [0.2, 0.25) is 0 Å². The summed E-state index contributed by atoms with van der Waals surface area (Å²) in [5, 5.41) is 3.85. The van der Waals surface area contributed by atoms with Crippen LogP contribution in [0.3, 0.4) is 0 Å². The Morgan fingerprint density at radius 2 is 1.89 bits per heavy atom. The van der Waals surface area contributed by atoms with Crippen LogP contribution in [0, 0.1) is 13.8 Å². The first-order chi connectivity index (χ1) is 13.0. The average Bonchev–Trinajstić information content (AvgIpc) is 2.67. The molecule has 5 heteroatoms. The topological polar surface area (TPSA) is 71.2 Å². The average molecular weight is 364 g/mol. The van der Waals surface area contributed by atoms with E-state index >= 15 is 0 Å². The minimum atomic E-state index is -0.0992. The normalized spacial score (nSPS) is 10.7. The lowest BCUT2D eigenvalue weighted by atomic mass is 10.0. The number of rotatable bonds is 7. The van der Waals surface area contributed by atoms with Gasteiger partial charge in [0.1, 0.15) is 5.75 Å². The number of ether oxygens (including phenoxy) is 1. The second-order valence-electron chi connectivity index (χ2n) is 6.61. The molecular weight excluding hydrogens is 340 g/mol. The number of aryl methyl sites for hydroxylation is 2. The third-order valence-corrected chi connectivity index (χ3v) is 4.69. The molecule has 3 rings (SSSR count). The van der Waals surface area contributed by atoms with Crippen LogP contribution < -0.4 is 15.6 Å². The maximum Gasteiger partial charge on any atom is 0.251 e. The third-order valence-electron chi connectivity index (χ3n) is 4.69. The fourth-order valence-electron chi connectivity index (χ4n) is 2.96. The quantitative estimate of drug-likeness (QED) is 0.676. The van der Waals surface area contributed by atoms with Crippen molar-refractivity contribution in [2.45, 2.75) is 26.7 Å². The molecular formula is C22H24N2O3. The Balaban J connectivity index is 1.51. The van der Waals surface area contributed by atoms with Crippen molar-refractivity contribution < 1.29 is 9.53 Å². The summed E-state index contributed by atoms with van der Waals surface area (Å²) in [4.78, 5) is 27.2. The van der Waals surface area contributed by atoms with E-state index in [1.807, 2.05) is 62.4 Å². The SMILES string of the molecule is Cc1ccc2cc(CCNC(=O)CCOc3ccccc3)c(=O)[nH]c2c1C. The van der Waals surface area contributed by atoms with E-state index in [1.54, 1.807) is 0 Å². The minimum Gasteiger partial charge on any atom is -0.493 e. The highest BCUT2D eigenvalue weighted by Crippen LogP contribution is 2.18. The van der Waals surface area contributed by atoms with Crippen molar-refractivity contribution in [2.75, 3.05) is 13.2 Å². The highest BCUT2D eigenvalue weighted by molar-refractivity contribution is 5.83. The summed E-state index contributed by atoms with van der Waals surface area (Å²) in [6, 6.07) is 15.4. The monoisotopic (exact) mass is 364 g/mol. The smallest absolute Gasteiger partial charge is 0.251 e. The van der Waals surface area contributed by atoms with E-state index < -0.39 is 0 Å². The fraction of sp³-hybridized carbons (Fsp3) is 0.273. The molecule has 2 N–H and O–H groups in total. The molecule has 0 aliphatic carbocycles. The molecule has 140 valence electrons. The van der Waals surface area contributed by atoms with Crippen LogP contribution >= 0.6 is 0 Å². The number of para-hydroxylation sites is 1. The van der Waals surface area contributed by atoms with Crippen LogP contribution in [0.25, 0.3) is 10.9 Å². The molecule has 3 aromatic rings. The lowest BCUT2D eigenvalue weighted by Gasteiger charge is -2.09. The Morgan fingerprint density at radius 1 is 1.11 bits per heavy atom. The number of carbonyl (C=O) groups is 1. The summed E-state index contributed by atoms with van der Waals surface area (Å²) < 4.78 is 5.51. The summed E-state index contributed by atoms with van der Waals surface area (Å²) in [7, 11) is 0. The van der Waals surface area contributed by atoms with Gasteiger partial charge in [-0.05, 0) is 55.0 Å². The predicted octanol–water partition coefficient (Wildman–Crippen LogP) is 3.27. The number of benzene rings is 2. The highest BCUT2D eigenvalue weighted by Gasteiger charge is 2.07. The largest absolute Gasteiger partial charge is 0.493 e. The molecule has 2 aromatic carbocycles. The van der Waals surface area contributed by atoms with Gasteiger partial charge in [0, 0.05) is 12.1 Å². The lowest BCUT2D eigenvalue weighted by Crippen LogP contribution is -2.28. The number of pyridine rings is 1. The summed E-state index contributed by atoms with van der Waals surface area (Å²) >= 11 is 0. The summed E-state index contributed by atoms with van der Waals surface area (Å²) in [6.07, 6.45) is 0.769. The predicted molar refractivity (Wildman–Crippen MR) is 107 cm³/mol. The van der Waals surface area contributed by atoms with Crippen molar-refractivity contribution in [3.05, 3.63) is 75.6 Å². The number of aromatic nitrogens is 1. The minimum absolute atomic E-state index is 0.0883. The van der Waals surface area contributed by atoms with Crippen molar-refractivity contribution >= 4 is 16.8 Å². The van der Waals surface area contributed by atoms with Gasteiger partial charge in [0.2, 0.25) is 5.91 Å². The number of nitrogens with one attached hydrogen (secondary N) is 2. The zero-order valence-electron chi connectivity index (χ0n) is 15.7. The molecule has 1 amide bonds. The maximum absolute atomic E-state index is 12.3.